The molecule has 2 heterocycles. The molecule has 1 aromatic heterocycles. The van der Waals surface area contributed by atoms with Crippen LogP contribution in [0.5, 0.6) is 5.75 Å². The fourth-order valence-electron chi connectivity index (χ4n) is 4.52. The zero-order valence-electron chi connectivity index (χ0n) is 22.4. The lowest BCUT2D eigenvalue weighted by molar-refractivity contribution is 0.0600. The lowest BCUT2D eigenvalue weighted by atomic mass is 10.1. The number of fused-ring (bicyclic) bond motifs is 1. The van der Waals surface area contributed by atoms with Gasteiger partial charge >= 0.3 is 12.1 Å². The van der Waals surface area contributed by atoms with E-state index in [1.165, 1.54) is 7.11 Å². The summed E-state index contributed by atoms with van der Waals surface area (Å²) in [5.74, 6) is 0.942. The fraction of sp³-hybridized carbons (Fsp3) is 0.233. The number of aromatic nitrogens is 2. The number of halogens is 2. The van der Waals surface area contributed by atoms with Crippen molar-refractivity contribution in [2.75, 3.05) is 37.5 Å². The van der Waals surface area contributed by atoms with Crippen LogP contribution in [0.3, 0.4) is 0 Å². The molecular weight excluding hydrogens is 585 g/mol. The second kappa shape index (κ2) is 12.9. The Morgan fingerprint density at radius 2 is 1.90 bits per heavy atom. The van der Waals surface area contributed by atoms with E-state index in [0.29, 0.717) is 34.4 Å². The lowest BCUT2D eigenvalue weighted by Crippen LogP contribution is -2.36. The van der Waals surface area contributed by atoms with Crippen molar-refractivity contribution in [2.45, 2.75) is 18.4 Å². The molecule has 11 heteroatoms. The van der Waals surface area contributed by atoms with Crippen molar-refractivity contribution < 1.29 is 23.8 Å². The standard InChI is InChI=1S/C30H27Cl2N3O5S/c1-19-25(32)6-4-8-27(19)39-10-11-40-30(37)35-9-12-41-28-24(5-3-7-26(28)35)22-16-33-34(18-22)17-20-13-21(29(36)38-2)15-23(31)14-20/h3-8,13-16,18H,9-12,17H2,1-2H3. The number of carbonyl (C=O) groups excluding carboxylic acids is 2. The van der Waals surface area contributed by atoms with Gasteiger partial charge in [0.1, 0.15) is 19.0 Å². The van der Waals surface area contributed by atoms with Gasteiger partial charge in [-0.2, -0.15) is 5.10 Å². The van der Waals surface area contributed by atoms with Gasteiger partial charge in [0.2, 0.25) is 0 Å². The van der Waals surface area contributed by atoms with Gasteiger partial charge in [0.25, 0.3) is 0 Å². The molecule has 0 bridgehead atoms. The monoisotopic (exact) mass is 611 g/mol. The number of nitrogens with zero attached hydrogens (tertiary/aromatic N) is 3. The number of rotatable bonds is 8. The average molecular weight is 613 g/mol. The maximum absolute atomic E-state index is 13.0. The molecule has 212 valence electrons. The van der Waals surface area contributed by atoms with Gasteiger partial charge in [-0.05, 0) is 48.9 Å². The maximum Gasteiger partial charge on any atom is 0.414 e. The number of benzene rings is 3. The Bertz CT molecular complexity index is 1590. The molecule has 0 radical (unpaired) electrons. The summed E-state index contributed by atoms with van der Waals surface area (Å²) in [6.45, 7) is 3.16. The van der Waals surface area contributed by atoms with E-state index in [0.717, 1.165) is 38.6 Å². The number of methoxy groups -OCH3 is 1. The minimum Gasteiger partial charge on any atom is -0.490 e. The van der Waals surface area contributed by atoms with E-state index >= 15 is 0 Å². The maximum atomic E-state index is 13.0. The van der Waals surface area contributed by atoms with Crippen LogP contribution < -0.4 is 9.64 Å². The number of carbonyl (C=O) groups is 2. The Morgan fingerprint density at radius 3 is 2.73 bits per heavy atom. The van der Waals surface area contributed by atoms with E-state index in [9.17, 15) is 9.59 Å². The van der Waals surface area contributed by atoms with Crippen molar-refractivity contribution in [2.24, 2.45) is 0 Å². The van der Waals surface area contributed by atoms with Crippen molar-refractivity contribution in [1.29, 1.82) is 0 Å². The first-order valence-corrected chi connectivity index (χ1v) is 14.6. The highest BCUT2D eigenvalue weighted by Gasteiger charge is 2.26. The van der Waals surface area contributed by atoms with Crippen molar-refractivity contribution in [3.05, 3.63) is 93.7 Å². The molecule has 5 rings (SSSR count). The first-order chi connectivity index (χ1) is 19.8. The van der Waals surface area contributed by atoms with Crippen LogP contribution in [-0.4, -0.2) is 54.5 Å². The van der Waals surface area contributed by atoms with Gasteiger partial charge in [0.15, 0.2) is 0 Å². The number of thioether (sulfide) groups is 1. The van der Waals surface area contributed by atoms with Gasteiger partial charge in [-0.15, -0.1) is 11.8 Å². The third kappa shape index (κ3) is 6.64. The molecule has 1 aliphatic heterocycles. The summed E-state index contributed by atoms with van der Waals surface area (Å²) in [6, 6.07) is 16.4. The molecule has 41 heavy (non-hydrogen) atoms. The molecule has 0 atom stereocenters. The highest BCUT2D eigenvalue weighted by molar-refractivity contribution is 7.99. The van der Waals surface area contributed by atoms with Crippen LogP contribution in [0.2, 0.25) is 10.0 Å². The zero-order valence-corrected chi connectivity index (χ0v) is 24.8. The molecule has 0 aliphatic carbocycles. The summed E-state index contributed by atoms with van der Waals surface area (Å²) in [4.78, 5) is 27.6. The van der Waals surface area contributed by atoms with E-state index in [-0.39, 0.29) is 13.2 Å². The smallest absolute Gasteiger partial charge is 0.414 e. The molecule has 8 nitrogen and oxygen atoms in total. The molecule has 0 fully saturated rings. The summed E-state index contributed by atoms with van der Waals surface area (Å²) < 4.78 is 17.9. The number of ether oxygens (including phenoxy) is 3. The molecule has 1 amide bonds. The Kier molecular flexibility index (Phi) is 9.07. The molecule has 0 saturated carbocycles. The van der Waals surface area contributed by atoms with E-state index in [1.54, 1.807) is 51.8 Å². The van der Waals surface area contributed by atoms with Crippen molar-refractivity contribution in [1.82, 2.24) is 9.78 Å². The van der Waals surface area contributed by atoms with Gasteiger partial charge in [-0.3, -0.25) is 9.58 Å². The third-order valence-electron chi connectivity index (χ3n) is 6.52. The van der Waals surface area contributed by atoms with Crippen LogP contribution in [0.25, 0.3) is 11.1 Å². The van der Waals surface area contributed by atoms with E-state index in [2.05, 4.69) is 5.10 Å². The number of esters is 1. The number of hydrogen-bond donors (Lipinski definition) is 0. The Labute approximate surface area is 252 Å². The number of anilines is 1. The highest BCUT2D eigenvalue weighted by Crippen LogP contribution is 2.42. The lowest BCUT2D eigenvalue weighted by Gasteiger charge is -2.29. The first-order valence-electron chi connectivity index (χ1n) is 12.8. The van der Waals surface area contributed by atoms with Gasteiger partial charge in [0, 0.05) is 50.1 Å². The highest BCUT2D eigenvalue weighted by atomic mass is 35.5. The second-order valence-electron chi connectivity index (χ2n) is 9.25. The summed E-state index contributed by atoms with van der Waals surface area (Å²) >= 11 is 14.1. The average Bonchev–Trinajstić information content (AvgIpc) is 3.43. The van der Waals surface area contributed by atoms with Gasteiger partial charge in [-0.25, -0.2) is 9.59 Å². The van der Waals surface area contributed by atoms with Crippen LogP contribution in [0.15, 0.2) is 71.9 Å². The van der Waals surface area contributed by atoms with Crippen LogP contribution in [0.4, 0.5) is 10.5 Å². The van der Waals surface area contributed by atoms with Gasteiger partial charge < -0.3 is 14.2 Å². The summed E-state index contributed by atoms with van der Waals surface area (Å²) in [6.07, 6.45) is 3.29. The molecular formula is C30H27Cl2N3O5S. The van der Waals surface area contributed by atoms with E-state index < -0.39 is 12.1 Å². The van der Waals surface area contributed by atoms with Crippen molar-refractivity contribution in [3.63, 3.8) is 0 Å². The van der Waals surface area contributed by atoms with Crippen molar-refractivity contribution in [3.8, 4) is 16.9 Å². The number of amides is 1. The third-order valence-corrected chi connectivity index (χ3v) is 8.25. The summed E-state index contributed by atoms with van der Waals surface area (Å²) in [5, 5.41) is 5.59. The number of hydrogen-bond acceptors (Lipinski definition) is 7. The Balaban J connectivity index is 1.27. The van der Waals surface area contributed by atoms with Gasteiger partial charge in [0.05, 0.1) is 31.1 Å². The van der Waals surface area contributed by atoms with Crippen LogP contribution in [-0.2, 0) is 16.0 Å². The fourth-order valence-corrected chi connectivity index (χ4v) is 6.09. The molecule has 0 spiro atoms. The molecule has 1 aliphatic rings. The molecule has 0 saturated heterocycles. The molecule has 0 N–H and O–H groups in total. The Morgan fingerprint density at radius 1 is 1.07 bits per heavy atom. The topological polar surface area (TPSA) is 82.9 Å². The van der Waals surface area contributed by atoms with E-state index in [1.807, 2.05) is 43.5 Å². The van der Waals surface area contributed by atoms with Crippen LogP contribution in [0.1, 0.15) is 21.5 Å². The van der Waals surface area contributed by atoms with Gasteiger partial charge in [-0.1, -0.05) is 41.4 Å². The molecule has 4 aromatic rings. The minimum absolute atomic E-state index is 0.109. The van der Waals surface area contributed by atoms with Crippen LogP contribution in [0, 0.1) is 6.92 Å². The van der Waals surface area contributed by atoms with Crippen LogP contribution >= 0.6 is 35.0 Å². The molecule has 3 aromatic carbocycles. The predicted molar refractivity (Wildman–Crippen MR) is 161 cm³/mol. The largest absolute Gasteiger partial charge is 0.490 e. The normalized spacial score (nSPS) is 12.5. The first kappa shape index (κ1) is 28.9. The summed E-state index contributed by atoms with van der Waals surface area (Å²) in [5.41, 5.74) is 4.72. The second-order valence-corrected chi connectivity index (χ2v) is 11.2. The summed E-state index contributed by atoms with van der Waals surface area (Å²) in [7, 11) is 1.33. The minimum atomic E-state index is -0.449. The predicted octanol–water partition coefficient (Wildman–Crippen LogP) is 7.13. The van der Waals surface area contributed by atoms with E-state index in [4.69, 9.17) is 37.4 Å². The van der Waals surface area contributed by atoms with Crippen molar-refractivity contribution >= 4 is 52.7 Å². The zero-order chi connectivity index (χ0) is 28.9. The quantitative estimate of drug-likeness (QED) is 0.155. The Hall–Kier alpha value is -3.66. The molecule has 0 unspecified atom stereocenters. The SMILES string of the molecule is COC(=O)c1cc(Cl)cc(Cn2cc(-c3cccc4c3SCCN4C(=O)OCCOc3cccc(Cl)c3C)cn2)c1.